The first-order valence-electron chi connectivity index (χ1n) is 8.50. The Morgan fingerprint density at radius 1 is 1.26 bits per heavy atom. The monoisotopic (exact) mass is 401 g/mol. The molecule has 7 heteroatoms. The summed E-state index contributed by atoms with van der Waals surface area (Å²) in [4.78, 5) is 16.8. The summed E-state index contributed by atoms with van der Waals surface area (Å²) in [6.07, 6.45) is 0. The predicted octanol–water partition coefficient (Wildman–Crippen LogP) is 5.27. The van der Waals surface area contributed by atoms with Crippen molar-refractivity contribution >= 4 is 35.0 Å². The van der Waals surface area contributed by atoms with Gasteiger partial charge in [0.25, 0.3) is 0 Å². The molecule has 1 heterocycles. The third-order valence-corrected chi connectivity index (χ3v) is 5.39. The molecule has 3 aromatic rings. The number of aryl methyl sites for hydroxylation is 2. The summed E-state index contributed by atoms with van der Waals surface area (Å²) < 4.78 is 5.29. The van der Waals surface area contributed by atoms with Crippen molar-refractivity contribution in [1.82, 2.24) is 10.1 Å². The standard InChI is InChI=1S/C20H20ClN3O2S/c1-12-7-8-13(2)17(9-12)22-20(25)14(3)27-11-18-23-19(24-26-18)15-5-4-6-16(21)10-15/h4-10,14H,11H2,1-3H3,(H,22,25). The fourth-order valence-corrected chi connectivity index (χ4v) is 3.35. The molecule has 140 valence electrons. The minimum atomic E-state index is -0.258. The quantitative estimate of drug-likeness (QED) is 0.609. The Morgan fingerprint density at radius 2 is 2.07 bits per heavy atom. The first-order valence-corrected chi connectivity index (χ1v) is 9.93. The van der Waals surface area contributed by atoms with Crippen molar-refractivity contribution in [3.05, 3.63) is 64.5 Å². The van der Waals surface area contributed by atoms with E-state index < -0.39 is 0 Å². The lowest BCUT2D eigenvalue weighted by Gasteiger charge is -2.13. The topological polar surface area (TPSA) is 68.0 Å². The normalized spacial score (nSPS) is 12.0. The van der Waals surface area contributed by atoms with Gasteiger partial charge in [0.15, 0.2) is 0 Å². The van der Waals surface area contributed by atoms with Gasteiger partial charge in [-0.25, -0.2) is 0 Å². The number of carbonyl (C=O) groups excluding carboxylic acids is 1. The molecule has 0 bridgehead atoms. The van der Waals surface area contributed by atoms with Gasteiger partial charge in [0.1, 0.15) is 0 Å². The van der Waals surface area contributed by atoms with Crippen LogP contribution in [0.25, 0.3) is 11.4 Å². The van der Waals surface area contributed by atoms with Crippen LogP contribution >= 0.6 is 23.4 Å². The maximum absolute atomic E-state index is 12.4. The Hall–Kier alpha value is -2.31. The van der Waals surface area contributed by atoms with Crippen LogP contribution in [0.4, 0.5) is 5.69 Å². The van der Waals surface area contributed by atoms with Gasteiger partial charge in [0.05, 0.1) is 11.0 Å². The van der Waals surface area contributed by atoms with Crippen LogP contribution < -0.4 is 5.32 Å². The summed E-state index contributed by atoms with van der Waals surface area (Å²) in [5.74, 6) is 1.36. The summed E-state index contributed by atoms with van der Waals surface area (Å²) in [5.41, 5.74) is 3.78. The zero-order valence-electron chi connectivity index (χ0n) is 15.3. The van der Waals surface area contributed by atoms with E-state index in [0.29, 0.717) is 22.5 Å². The van der Waals surface area contributed by atoms with Gasteiger partial charge >= 0.3 is 0 Å². The molecular formula is C20H20ClN3O2S. The molecule has 0 aliphatic rings. The highest BCUT2D eigenvalue weighted by Gasteiger charge is 2.17. The van der Waals surface area contributed by atoms with Gasteiger partial charge in [-0.05, 0) is 50.1 Å². The average Bonchev–Trinajstić information content (AvgIpc) is 3.12. The van der Waals surface area contributed by atoms with E-state index in [1.807, 2.05) is 51.1 Å². The molecule has 1 N–H and O–H groups in total. The molecule has 0 saturated heterocycles. The molecule has 0 radical (unpaired) electrons. The molecule has 0 aliphatic carbocycles. The number of carbonyl (C=O) groups is 1. The number of anilines is 1. The number of thioether (sulfide) groups is 1. The van der Waals surface area contributed by atoms with Crippen LogP contribution in [0.5, 0.6) is 0 Å². The Balaban J connectivity index is 1.58. The smallest absolute Gasteiger partial charge is 0.237 e. The largest absolute Gasteiger partial charge is 0.338 e. The van der Waals surface area contributed by atoms with E-state index >= 15 is 0 Å². The van der Waals surface area contributed by atoms with Crippen LogP contribution in [0.1, 0.15) is 23.9 Å². The lowest BCUT2D eigenvalue weighted by Crippen LogP contribution is -2.23. The van der Waals surface area contributed by atoms with E-state index in [4.69, 9.17) is 16.1 Å². The van der Waals surface area contributed by atoms with Crippen LogP contribution in [0.2, 0.25) is 5.02 Å². The van der Waals surface area contributed by atoms with Gasteiger partial charge in [-0.15, -0.1) is 11.8 Å². The lowest BCUT2D eigenvalue weighted by molar-refractivity contribution is -0.115. The Morgan fingerprint density at radius 3 is 2.85 bits per heavy atom. The number of aromatic nitrogens is 2. The van der Waals surface area contributed by atoms with Gasteiger partial charge in [-0.1, -0.05) is 41.0 Å². The number of nitrogens with zero attached hydrogens (tertiary/aromatic N) is 2. The minimum Gasteiger partial charge on any atom is -0.338 e. The van der Waals surface area contributed by atoms with Gasteiger partial charge < -0.3 is 9.84 Å². The molecule has 2 aromatic carbocycles. The molecule has 3 rings (SSSR count). The molecule has 0 saturated carbocycles. The Labute approximate surface area is 167 Å². The molecule has 5 nitrogen and oxygen atoms in total. The van der Waals surface area contributed by atoms with E-state index in [9.17, 15) is 4.79 Å². The first kappa shape index (κ1) is 19.5. The average molecular weight is 402 g/mol. The van der Waals surface area contributed by atoms with Crippen molar-refractivity contribution in [3.63, 3.8) is 0 Å². The SMILES string of the molecule is Cc1ccc(C)c(NC(=O)C(C)SCc2nc(-c3cccc(Cl)c3)no2)c1. The molecule has 1 amide bonds. The summed E-state index contributed by atoms with van der Waals surface area (Å²) in [7, 11) is 0. The third kappa shape index (κ3) is 5.11. The van der Waals surface area contributed by atoms with Crippen molar-refractivity contribution < 1.29 is 9.32 Å². The van der Waals surface area contributed by atoms with Crippen LogP contribution in [-0.4, -0.2) is 21.3 Å². The minimum absolute atomic E-state index is 0.0525. The molecule has 27 heavy (non-hydrogen) atoms. The second-order valence-corrected chi connectivity index (χ2v) is 8.05. The maximum atomic E-state index is 12.4. The van der Waals surface area contributed by atoms with Crippen LogP contribution in [0, 0.1) is 13.8 Å². The highest BCUT2D eigenvalue weighted by molar-refractivity contribution is 7.99. The molecule has 1 aromatic heterocycles. The molecule has 0 aliphatic heterocycles. The second kappa shape index (κ2) is 8.59. The number of halogens is 1. The van der Waals surface area contributed by atoms with Crippen molar-refractivity contribution in [2.24, 2.45) is 0 Å². The van der Waals surface area contributed by atoms with Crippen molar-refractivity contribution in [2.75, 3.05) is 5.32 Å². The Bertz CT molecular complexity index is 958. The van der Waals surface area contributed by atoms with Crippen LogP contribution in [0.15, 0.2) is 47.0 Å². The zero-order valence-corrected chi connectivity index (χ0v) is 16.9. The van der Waals surface area contributed by atoms with Gasteiger partial charge in [-0.3, -0.25) is 4.79 Å². The first-order chi connectivity index (χ1) is 12.9. The number of nitrogens with one attached hydrogen (secondary N) is 1. The molecule has 1 atom stereocenters. The number of hydrogen-bond acceptors (Lipinski definition) is 5. The van der Waals surface area contributed by atoms with E-state index in [-0.39, 0.29) is 11.2 Å². The highest BCUT2D eigenvalue weighted by atomic mass is 35.5. The van der Waals surface area contributed by atoms with E-state index in [2.05, 4.69) is 15.5 Å². The van der Waals surface area contributed by atoms with Gasteiger partial charge in [0.2, 0.25) is 17.6 Å². The highest BCUT2D eigenvalue weighted by Crippen LogP contribution is 2.24. The van der Waals surface area contributed by atoms with Crippen LogP contribution in [-0.2, 0) is 10.5 Å². The lowest BCUT2D eigenvalue weighted by atomic mass is 10.1. The van der Waals surface area contributed by atoms with Crippen molar-refractivity contribution in [1.29, 1.82) is 0 Å². The zero-order chi connectivity index (χ0) is 19.4. The summed E-state index contributed by atoms with van der Waals surface area (Å²) >= 11 is 7.44. The van der Waals surface area contributed by atoms with Gasteiger partial charge in [0, 0.05) is 16.3 Å². The predicted molar refractivity (Wildman–Crippen MR) is 110 cm³/mol. The molecule has 0 fully saturated rings. The van der Waals surface area contributed by atoms with E-state index in [1.54, 1.807) is 12.1 Å². The summed E-state index contributed by atoms with van der Waals surface area (Å²) in [6.45, 7) is 5.84. The molecule has 1 unspecified atom stereocenters. The second-order valence-electron chi connectivity index (χ2n) is 6.28. The number of rotatable bonds is 6. The molecular weight excluding hydrogens is 382 g/mol. The van der Waals surface area contributed by atoms with Gasteiger partial charge in [-0.2, -0.15) is 4.98 Å². The van der Waals surface area contributed by atoms with E-state index in [0.717, 1.165) is 22.4 Å². The van der Waals surface area contributed by atoms with Crippen molar-refractivity contribution in [3.8, 4) is 11.4 Å². The fraction of sp³-hybridized carbons (Fsp3) is 0.250. The van der Waals surface area contributed by atoms with E-state index in [1.165, 1.54) is 11.8 Å². The van der Waals surface area contributed by atoms with Crippen LogP contribution in [0.3, 0.4) is 0 Å². The summed E-state index contributed by atoms with van der Waals surface area (Å²) in [6, 6.07) is 13.3. The molecule has 0 spiro atoms. The number of hydrogen-bond donors (Lipinski definition) is 1. The van der Waals surface area contributed by atoms with Crippen molar-refractivity contribution in [2.45, 2.75) is 31.8 Å². The fourth-order valence-electron chi connectivity index (χ4n) is 2.44. The third-order valence-electron chi connectivity index (χ3n) is 4.03. The maximum Gasteiger partial charge on any atom is 0.237 e. The summed E-state index contributed by atoms with van der Waals surface area (Å²) in [5, 5.41) is 7.32. The number of amides is 1. The number of benzene rings is 2. The Kier molecular flexibility index (Phi) is 6.19.